The van der Waals surface area contributed by atoms with E-state index in [-0.39, 0.29) is 38.7 Å². The van der Waals surface area contributed by atoms with Crippen LogP contribution in [0.25, 0.3) is 71.8 Å². The van der Waals surface area contributed by atoms with E-state index in [9.17, 15) is 0 Å². The van der Waals surface area contributed by atoms with Crippen molar-refractivity contribution in [1.29, 1.82) is 0 Å². The molecule has 0 N–H and O–H groups in total. The van der Waals surface area contributed by atoms with Gasteiger partial charge in [0.1, 0.15) is 22.8 Å². The zero-order valence-electron chi connectivity index (χ0n) is 37.8. The topological polar surface area (TPSA) is 46.7 Å². The molecule has 0 saturated heterocycles. The summed E-state index contributed by atoms with van der Waals surface area (Å²) in [7, 11) is 0. The van der Waals surface area contributed by atoms with Gasteiger partial charge in [-0.2, -0.15) is 6.07 Å². The minimum atomic E-state index is -0.233. The Morgan fingerprint density at radius 1 is 0.588 bits per heavy atom. The van der Waals surface area contributed by atoms with Crippen LogP contribution in [0.15, 0.2) is 180 Å². The molecule has 0 saturated carbocycles. The molecule has 11 aromatic rings. The standard InChI is InChI=1S/C60H44FN4O2.Pt/c1-37(2)50-32-40(44-16-5-8-21-52(44)61)33-51(38(3)4)59(50)64-36-63(54-23-10-11-24-55(54)64)41-30-39(45-19-15-20-49-48-18-7-12-25-57(48)67-60(45)49)31-43(34-41)66-42-27-28-47-46-17-6-9-22-53(46)65(56(47)35-42)58-26-13-14-29-62-58;/h5-33,36-38H,1-4H3;/q-3;. The fourth-order valence-corrected chi connectivity index (χ4v) is 9.79. The van der Waals surface area contributed by atoms with Crippen molar-refractivity contribution in [3.05, 3.63) is 212 Å². The summed E-state index contributed by atoms with van der Waals surface area (Å²) < 4.78 is 31.1. The first-order valence-electron chi connectivity index (χ1n) is 22.8. The molecule has 8 aromatic carbocycles. The number of rotatable bonds is 9. The molecule has 0 radical (unpaired) electrons. The molecular weight excluding hydrogens is 1020 g/mol. The molecule has 336 valence electrons. The van der Waals surface area contributed by atoms with Gasteiger partial charge in [0.25, 0.3) is 0 Å². The number of aromatic nitrogens is 2. The zero-order chi connectivity index (χ0) is 45.3. The first kappa shape index (κ1) is 43.1. The second kappa shape index (κ2) is 17.3. The van der Waals surface area contributed by atoms with Gasteiger partial charge in [-0.25, -0.2) is 9.37 Å². The maximum absolute atomic E-state index is 15.4. The number of para-hydroxylation sites is 5. The van der Waals surface area contributed by atoms with Gasteiger partial charge in [0.2, 0.25) is 0 Å². The third-order valence-electron chi connectivity index (χ3n) is 12.9. The first-order valence-corrected chi connectivity index (χ1v) is 22.8. The van der Waals surface area contributed by atoms with Crippen molar-refractivity contribution in [1.82, 2.24) is 9.55 Å². The molecule has 0 atom stereocenters. The van der Waals surface area contributed by atoms with Gasteiger partial charge in [-0.15, -0.1) is 53.6 Å². The van der Waals surface area contributed by atoms with Crippen LogP contribution >= 0.6 is 0 Å². The maximum Gasteiger partial charge on any atom is 0.141 e. The number of nitrogens with zero attached hydrogens (tertiary/aromatic N) is 4. The molecule has 12 rings (SSSR count). The minimum absolute atomic E-state index is 0. The van der Waals surface area contributed by atoms with E-state index in [0.29, 0.717) is 17.1 Å². The van der Waals surface area contributed by atoms with E-state index in [1.54, 1.807) is 6.07 Å². The van der Waals surface area contributed by atoms with Crippen LogP contribution in [0.3, 0.4) is 0 Å². The normalized spacial score (nSPS) is 12.5. The van der Waals surface area contributed by atoms with Crippen molar-refractivity contribution in [2.75, 3.05) is 9.80 Å². The molecule has 0 aliphatic carbocycles. The maximum atomic E-state index is 15.4. The number of hydrogen-bond donors (Lipinski definition) is 0. The van der Waals surface area contributed by atoms with Crippen molar-refractivity contribution in [2.24, 2.45) is 0 Å². The van der Waals surface area contributed by atoms with Gasteiger partial charge < -0.3 is 23.5 Å². The molecule has 4 heterocycles. The second-order valence-electron chi connectivity index (χ2n) is 17.8. The van der Waals surface area contributed by atoms with E-state index in [4.69, 9.17) is 14.1 Å². The number of fused-ring (bicyclic) bond motifs is 7. The van der Waals surface area contributed by atoms with Crippen molar-refractivity contribution in [3.8, 4) is 39.6 Å². The van der Waals surface area contributed by atoms with Crippen molar-refractivity contribution in [3.63, 3.8) is 0 Å². The van der Waals surface area contributed by atoms with Crippen LogP contribution in [0.2, 0.25) is 0 Å². The molecule has 0 spiro atoms. The number of ether oxygens (including phenoxy) is 1. The molecule has 1 aliphatic rings. The van der Waals surface area contributed by atoms with Crippen LogP contribution in [0.1, 0.15) is 50.7 Å². The number of furan rings is 1. The Balaban J connectivity index is 0.00000507. The summed E-state index contributed by atoms with van der Waals surface area (Å²) in [6, 6.07) is 64.1. The molecule has 68 heavy (non-hydrogen) atoms. The Morgan fingerprint density at radius 3 is 2.01 bits per heavy atom. The van der Waals surface area contributed by atoms with E-state index < -0.39 is 0 Å². The Bertz CT molecular complexity index is 3680. The van der Waals surface area contributed by atoms with Gasteiger partial charge >= 0.3 is 0 Å². The summed E-state index contributed by atoms with van der Waals surface area (Å²) in [6.07, 6.45) is 1.81. The number of benzene rings is 8. The van der Waals surface area contributed by atoms with Gasteiger partial charge in [0, 0.05) is 83.2 Å². The molecule has 0 unspecified atom stereocenters. The van der Waals surface area contributed by atoms with Gasteiger partial charge in [-0.1, -0.05) is 124 Å². The Kier molecular flexibility index (Phi) is 11.0. The summed E-state index contributed by atoms with van der Waals surface area (Å²) in [5, 5.41) is 4.26. The summed E-state index contributed by atoms with van der Waals surface area (Å²) in [4.78, 5) is 9.22. The predicted molar refractivity (Wildman–Crippen MR) is 271 cm³/mol. The Hall–Kier alpha value is -7.47. The fraction of sp³-hybridized carbons (Fsp3) is 0.100. The number of halogens is 1. The number of hydrogen-bond acceptors (Lipinski definition) is 5. The molecule has 0 amide bonds. The van der Waals surface area contributed by atoms with E-state index >= 15 is 4.39 Å². The minimum Gasteiger partial charge on any atom is -0.509 e. The second-order valence-corrected chi connectivity index (χ2v) is 17.8. The fourth-order valence-electron chi connectivity index (χ4n) is 9.79. The van der Waals surface area contributed by atoms with E-state index in [1.807, 2.05) is 72.9 Å². The van der Waals surface area contributed by atoms with Crippen LogP contribution in [-0.4, -0.2) is 9.55 Å². The largest absolute Gasteiger partial charge is 0.509 e. The predicted octanol–water partition coefficient (Wildman–Crippen LogP) is 16.6. The average molecular weight is 1070 g/mol. The van der Waals surface area contributed by atoms with Crippen LogP contribution in [-0.2, 0) is 21.1 Å². The van der Waals surface area contributed by atoms with Crippen molar-refractivity contribution >= 4 is 66.5 Å². The third-order valence-corrected chi connectivity index (χ3v) is 12.9. The van der Waals surface area contributed by atoms with Crippen molar-refractivity contribution in [2.45, 2.75) is 39.5 Å². The average Bonchev–Trinajstić information content (AvgIpc) is 4.04. The number of anilines is 4. The summed E-state index contributed by atoms with van der Waals surface area (Å²) in [5.74, 6) is 1.90. The van der Waals surface area contributed by atoms with Gasteiger partial charge in [-0.3, -0.25) is 0 Å². The van der Waals surface area contributed by atoms with Crippen molar-refractivity contribution < 1.29 is 34.6 Å². The molecule has 0 bridgehead atoms. The van der Waals surface area contributed by atoms with E-state index in [2.05, 4.69) is 152 Å². The monoisotopic (exact) mass is 1070 g/mol. The third kappa shape index (κ3) is 7.24. The first-order chi connectivity index (χ1) is 32.8. The van der Waals surface area contributed by atoms with Crippen LogP contribution in [0.5, 0.6) is 11.5 Å². The van der Waals surface area contributed by atoms with E-state index in [0.717, 1.165) is 100 Å². The molecule has 6 nitrogen and oxygen atoms in total. The molecular formula is C60H44FN4O2Pt-3. The quantitative estimate of drug-likeness (QED) is 0.135. The summed E-state index contributed by atoms with van der Waals surface area (Å²) in [6.45, 7) is 11.0. The van der Waals surface area contributed by atoms with Gasteiger partial charge in [0.05, 0.1) is 0 Å². The Morgan fingerprint density at radius 2 is 1.25 bits per heavy atom. The van der Waals surface area contributed by atoms with Gasteiger partial charge in [0.15, 0.2) is 0 Å². The number of pyridine rings is 1. The summed E-state index contributed by atoms with van der Waals surface area (Å²) in [5.41, 5.74) is 13.0. The Labute approximate surface area is 409 Å². The SMILES string of the molecule is CC(C)c1cc(-c2ccccc2F)cc(C(C)C)c1N1[CH-]N(c2[c-]c(Oc3[c-]c4c(cc3)c3ccccc3n4-c3ccccn3)cc(-c3cccc4c3oc3ccccc34)c2)c2ccccc21.[Pt]. The van der Waals surface area contributed by atoms with Gasteiger partial charge in [-0.05, 0) is 88.5 Å². The molecule has 0 fully saturated rings. The summed E-state index contributed by atoms with van der Waals surface area (Å²) >= 11 is 0. The van der Waals surface area contributed by atoms with Crippen LogP contribution in [0, 0.1) is 24.6 Å². The molecule has 8 heteroatoms. The van der Waals surface area contributed by atoms with Crippen LogP contribution in [0.4, 0.5) is 27.1 Å². The van der Waals surface area contributed by atoms with E-state index in [1.165, 1.54) is 6.07 Å². The molecule has 1 aliphatic heterocycles. The zero-order valence-corrected chi connectivity index (χ0v) is 40.0. The van der Waals surface area contributed by atoms with Crippen LogP contribution < -0.4 is 14.5 Å². The smallest absolute Gasteiger partial charge is 0.141 e. The molecule has 3 aromatic heterocycles.